The van der Waals surface area contributed by atoms with Gasteiger partial charge in [-0.25, -0.2) is 0 Å². The monoisotopic (exact) mass is 308 g/mol. The fraction of sp³-hybridized carbons (Fsp3) is 0.438. The summed E-state index contributed by atoms with van der Waals surface area (Å²) in [7, 11) is 0. The van der Waals surface area contributed by atoms with E-state index in [2.05, 4.69) is 12.2 Å². The van der Waals surface area contributed by atoms with E-state index in [9.17, 15) is 9.90 Å². The van der Waals surface area contributed by atoms with Crippen molar-refractivity contribution >= 4 is 28.5 Å². The molecule has 1 aromatic heterocycles. The third-order valence-corrected chi connectivity index (χ3v) is 3.87. The fourth-order valence-corrected chi connectivity index (χ4v) is 2.53. The summed E-state index contributed by atoms with van der Waals surface area (Å²) in [5.41, 5.74) is 1.30. The average molecular weight is 309 g/mol. The predicted molar refractivity (Wildman–Crippen MR) is 85.7 cm³/mol. The second kappa shape index (κ2) is 6.08. The van der Waals surface area contributed by atoms with Crippen molar-refractivity contribution in [3.63, 3.8) is 0 Å². The van der Waals surface area contributed by atoms with Crippen LogP contribution in [0.2, 0.25) is 5.02 Å². The first-order valence-electron chi connectivity index (χ1n) is 7.06. The molecular weight excluding hydrogens is 288 g/mol. The lowest BCUT2D eigenvalue weighted by atomic mass is 9.94. The van der Waals surface area contributed by atoms with Crippen LogP contribution in [0, 0.1) is 5.41 Å². The van der Waals surface area contributed by atoms with Crippen LogP contribution in [0.25, 0.3) is 10.9 Å². The summed E-state index contributed by atoms with van der Waals surface area (Å²) in [6.45, 7) is 7.58. The van der Waals surface area contributed by atoms with Crippen LogP contribution in [0.1, 0.15) is 26.3 Å². The van der Waals surface area contributed by atoms with E-state index < -0.39 is 11.4 Å². The van der Waals surface area contributed by atoms with Gasteiger partial charge in [-0.15, -0.1) is 0 Å². The quantitative estimate of drug-likeness (QED) is 0.858. The molecule has 0 saturated heterocycles. The summed E-state index contributed by atoms with van der Waals surface area (Å²) in [5.74, 6) is -0.806. The molecule has 0 fully saturated rings. The molecule has 0 atom stereocenters. The van der Waals surface area contributed by atoms with Crippen LogP contribution in [-0.4, -0.2) is 22.2 Å². The molecule has 2 N–H and O–H groups in total. The van der Waals surface area contributed by atoms with Crippen LogP contribution in [-0.2, 0) is 17.9 Å². The van der Waals surface area contributed by atoms with Gasteiger partial charge >= 0.3 is 5.97 Å². The smallest absolute Gasteiger partial charge is 0.310 e. The number of benzene rings is 1. The average Bonchev–Trinajstić information content (AvgIpc) is 2.73. The number of carboxylic acid groups (broad SMARTS) is 1. The summed E-state index contributed by atoms with van der Waals surface area (Å²) in [6, 6.07) is 5.75. The maximum atomic E-state index is 11.4. The van der Waals surface area contributed by atoms with E-state index in [0.717, 1.165) is 29.6 Å². The van der Waals surface area contributed by atoms with Crippen LogP contribution in [0.4, 0.5) is 0 Å². The zero-order valence-electron chi connectivity index (χ0n) is 12.6. The molecule has 5 heteroatoms. The number of aromatic nitrogens is 1. The Morgan fingerprint density at radius 1 is 1.43 bits per heavy atom. The molecule has 0 aliphatic carbocycles. The van der Waals surface area contributed by atoms with E-state index >= 15 is 0 Å². The van der Waals surface area contributed by atoms with Crippen molar-refractivity contribution in [1.29, 1.82) is 0 Å². The van der Waals surface area contributed by atoms with E-state index in [1.54, 1.807) is 13.8 Å². The van der Waals surface area contributed by atoms with Crippen molar-refractivity contribution in [2.45, 2.75) is 33.9 Å². The number of aliphatic carboxylic acids is 1. The van der Waals surface area contributed by atoms with Crippen LogP contribution >= 0.6 is 11.6 Å². The minimum absolute atomic E-state index is 0.408. The fourth-order valence-electron chi connectivity index (χ4n) is 2.37. The minimum Gasteiger partial charge on any atom is -0.481 e. The second-order valence-corrected chi connectivity index (χ2v) is 6.35. The van der Waals surface area contributed by atoms with Gasteiger partial charge in [-0.2, -0.15) is 0 Å². The molecule has 0 aliphatic heterocycles. The first-order valence-corrected chi connectivity index (χ1v) is 7.44. The van der Waals surface area contributed by atoms with Crippen LogP contribution in [0.15, 0.2) is 24.4 Å². The van der Waals surface area contributed by atoms with Gasteiger partial charge in [-0.3, -0.25) is 4.79 Å². The molecule has 0 amide bonds. The van der Waals surface area contributed by atoms with Gasteiger partial charge in [0.25, 0.3) is 0 Å². The zero-order valence-corrected chi connectivity index (χ0v) is 13.4. The van der Waals surface area contributed by atoms with Gasteiger partial charge in [-0.1, -0.05) is 24.6 Å². The molecular formula is C16H21ClN2O2. The number of carboxylic acids is 1. The molecule has 1 heterocycles. The molecule has 21 heavy (non-hydrogen) atoms. The SMILES string of the molecule is CCNCc1cn(CC(C)(C)C(=O)O)c2cc(Cl)ccc12. The number of hydrogen-bond acceptors (Lipinski definition) is 2. The van der Waals surface area contributed by atoms with E-state index in [4.69, 9.17) is 11.6 Å². The van der Waals surface area contributed by atoms with E-state index in [1.165, 1.54) is 0 Å². The number of hydrogen-bond donors (Lipinski definition) is 2. The minimum atomic E-state index is -0.830. The Morgan fingerprint density at radius 3 is 2.76 bits per heavy atom. The maximum Gasteiger partial charge on any atom is 0.310 e. The highest BCUT2D eigenvalue weighted by molar-refractivity contribution is 6.31. The van der Waals surface area contributed by atoms with E-state index in [1.807, 2.05) is 29.0 Å². The predicted octanol–water partition coefficient (Wildman–Crippen LogP) is 3.52. The summed E-state index contributed by atoms with van der Waals surface area (Å²) < 4.78 is 1.99. The van der Waals surface area contributed by atoms with E-state index in [0.29, 0.717) is 11.6 Å². The number of nitrogens with one attached hydrogen (secondary N) is 1. The lowest BCUT2D eigenvalue weighted by Crippen LogP contribution is -2.28. The van der Waals surface area contributed by atoms with Crippen molar-refractivity contribution < 1.29 is 9.90 Å². The van der Waals surface area contributed by atoms with Gasteiger partial charge in [0.15, 0.2) is 0 Å². The Kier molecular flexibility index (Phi) is 4.59. The topological polar surface area (TPSA) is 54.3 Å². The molecule has 4 nitrogen and oxygen atoms in total. The van der Waals surface area contributed by atoms with Gasteiger partial charge in [0.05, 0.1) is 5.41 Å². The molecule has 0 spiro atoms. The third kappa shape index (κ3) is 3.39. The van der Waals surface area contributed by atoms with Crippen LogP contribution < -0.4 is 5.32 Å². The Bertz CT molecular complexity index is 662. The summed E-state index contributed by atoms with van der Waals surface area (Å²) in [6.07, 6.45) is 2.02. The van der Waals surface area contributed by atoms with Crippen molar-refractivity contribution in [3.8, 4) is 0 Å². The molecule has 0 saturated carbocycles. The molecule has 0 aliphatic rings. The maximum absolute atomic E-state index is 11.4. The Labute approximate surface area is 129 Å². The zero-order chi connectivity index (χ0) is 15.6. The number of nitrogens with zero attached hydrogens (tertiary/aromatic N) is 1. The van der Waals surface area contributed by atoms with Crippen LogP contribution in [0.3, 0.4) is 0 Å². The van der Waals surface area contributed by atoms with Gasteiger partial charge in [0.2, 0.25) is 0 Å². The van der Waals surface area contributed by atoms with Crippen molar-refractivity contribution in [3.05, 3.63) is 35.0 Å². The van der Waals surface area contributed by atoms with Crippen molar-refractivity contribution in [2.75, 3.05) is 6.54 Å². The highest BCUT2D eigenvalue weighted by Crippen LogP contribution is 2.28. The molecule has 114 valence electrons. The molecule has 2 rings (SSSR count). The van der Waals surface area contributed by atoms with Crippen molar-refractivity contribution in [1.82, 2.24) is 9.88 Å². The first-order chi connectivity index (χ1) is 9.85. The largest absolute Gasteiger partial charge is 0.481 e. The van der Waals surface area contributed by atoms with Gasteiger partial charge in [0, 0.05) is 35.2 Å². The number of carbonyl (C=O) groups is 1. The Morgan fingerprint density at radius 2 is 2.14 bits per heavy atom. The third-order valence-electron chi connectivity index (χ3n) is 3.64. The van der Waals surface area contributed by atoms with Crippen molar-refractivity contribution in [2.24, 2.45) is 5.41 Å². The molecule has 0 bridgehead atoms. The number of halogens is 1. The lowest BCUT2D eigenvalue weighted by Gasteiger charge is -2.20. The Balaban J connectivity index is 2.47. The summed E-state index contributed by atoms with van der Waals surface area (Å²) in [5, 5.41) is 14.4. The second-order valence-electron chi connectivity index (χ2n) is 5.91. The first kappa shape index (κ1) is 15.9. The molecule has 2 aromatic rings. The highest BCUT2D eigenvalue weighted by Gasteiger charge is 2.28. The standard InChI is InChI=1S/C16H21ClN2O2/c1-4-18-8-11-9-19(10-16(2,3)15(20)21)14-7-12(17)5-6-13(11)14/h5-7,9,18H,4,8,10H2,1-3H3,(H,20,21). The normalized spacial score (nSPS) is 12.0. The van der Waals surface area contributed by atoms with Gasteiger partial charge in [0.1, 0.15) is 0 Å². The summed E-state index contributed by atoms with van der Waals surface area (Å²) in [4.78, 5) is 11.4. The molecule has 0 radical (unpaired) electrons. The van der Waals surface area contributed by atoms with Crippen LogP contribution in [0.5, 0.6) is 0 Å². The number of fused-ring (bicyclic) bond motifs is 1. The van der Waals surface area contributed by atoms with E-state index in [-0.39, 0.29) is 0 Å². The van der Waals surface area contributed by atoms with Gasteiger partial charge < -0.3 is 15.0 Å². The molecule has 0 unspecified atom stereocenters. The highest BCUT2D eigenvalue weighted by atomic mass is 35.5. The van der Waals surface area contributed by atoms with Gasteiger partial charge in [-0.05, 0) is 38.1 Å². The molecule has 1 aromatic carbocycles. The number of rotatable bonds is 6. The Hall–Kier alpha value is -1.52. The summed E-state index contributed by atoms with van der Waals surface area (Å²) >= 11 is 6.09. The lowest BCUT2D eigenvalue weighted by molar-refractivity contribution is -0.147.